The number of carbonyl (C=O) groups excluding carboxylic acids is 1. The number of thioether (sulfide) groups is 1. The molecular formula is C23H18F4N6OS. The smallest absolute Gasteiger partial charge is 0.321 e. The number of nitrogens with zero attached hydrogens (tertiary/aromatic N) is 5. The van der Waals surface area contributed by atoms with E-state index in [1.165, 1.54) is 52.8 Å². The molecule has 12 heteroatoms. The van der Waals surface area contributed by atoms with Gasteiger partial charge in [-0.25, -0.2) is 19.0 Å². The maximum absolute atomic E-state index is 13.4. The zero-order valence-corrected chi connectivity index (χ0v) is 19.3. The molecule has 0 saturated heterocycles. The van der Waals surface area contributed by atoms with Crippen molar-refractivity contribution in [2.45, 2.75) is 30.9 Å². The van der Waals surface area contributed by atoms with Crippen LogP contribution in [0.5, 0.6) is 0 Å². The summed E-state index contributed by atoms with van der Waals surface area (Å²) in [5, 5.41) is 10.9. The van der Waals surface area contributed by atoms with Gasteiger partial charge in [0.1, 0.15) is 5.82 Å². The zero-order chi connectivity index (χ0) is 25.2. The molecule has 35 heavy (non-hydrogen) atoms. The molecule has 0 aliphatic rings. The Morgan fingerprint density at radius 2 is 1.71 bits per heavy atom. The number of amides is 1. The standard InChI is InChI=1S/C23H18F4N6OS/c1-13-10-14(2)29-22(28-13)35-12-19-20(31-32-33(19)18-8-6-16(24)7-9-18)21(34)30-17-5-3-4-15(11-17)23(25,26)27/h3-11H,12H2,1-2H3,(H,30,34). The summed E-state index contributed by atoms with van der Waals surface area (Å²) < 4.78 is 54.0. The van der Waals surface area contributed by atoms with Crippen molar-refractivity contribution in [3.05, 3.63) is 88.8 Å². The number of aryl methyl sites for hydroxylation is 2. The van der Waals surface area contributed by atoms with Gasteiger partial charge < -0.3 is 5.32 Å². The summed E-state index contributed by atoms with van der Waals surface area (Å²) in [6.07, 6.45) is -4.56. The van der Waals surface area contributed by atoms with Gasteiger partial charge in [-0.3, -0.25) is 4.79 Å². The number of anilines is 1. The number of carbonyl (C=O) groups is 1. The second-order valence-corrected chi connectivity index (χ2v) is 8.47. The van der Waals surface area contributed by atoms with Crippen LogP contribution in [0.1, 0.15) is 33.1 Å². The van der Waals surface area contributed by atoms with Crippen LogP contribution in [0.2, 0.25) is 0 Å². The molecule has 1 N–H and O–H groups in total. The monoisotopic (exact) mass is 502 g/mol. The van der Waals surface area contributed by atoms with Gasteiger partial charge >= 0.3 is 6.18 Å². The molecule has 180 valence electrons. The summed E-state index contributed by atoms with van der Waals surface area (Å²) in [5.41, 5.74) is 1.30. The van der Waals surface area contributed by atoms with E-state index in [1.807, 2.05) is 19.9 Å². The van der Waals surface area contributed by atoms with E-state index in [9.17, 15) is 22.4 Å². The van der Waals surface area contributed by atoms with Crippen LogP contribution in [-0.4, -0.2) is 30.9 Å². The Labute approximate surface area is 201 Å². The topological polar surface area (TPSA) is 85.6 Å². The first-order valence-electron chi connectivity index (χ1n) is 10.2. The molecule has 2 aromatic carbocycles. The van der Waals surface area contributed by atoms with Gasteiger partial charge in [-0.15, -0.1) is 5.10 Å². The lowest BCUT2D eigenvalue weighted by Crippen LogP contribution is -2.16. The van der Waals surface area contributed by atoms with E-state index in [-0.39, 0.29) is 17.1 Å². The third kappa shape index (κ3) is 5.83. The average molecular weight is 502 g/mol. The predicted molar refractivity (Wildman–Crippen MR) is 122 cm³/mol. The van der Waals surface area contributed by atoms with E-state index in [1.54, 1.807) is 0 Å². The van der Waals surface area contributed by atoms with Crippen LogP contribution < -0.4 is 5.32 Å². The third-order valence-electron chi connectivity index (χ3n) is 4.80. The first-order valence-corrected chi connectivity index (χ1v) is 11.2. The molecule has 0 fully saturated rings. The van der Waals surface area contributed by atoms with Gasteiger partial charge in [-0.05, 0) is 62.4 Å². The Hall–Kier alpha value is -3.80. The minimum Gasteiger partial charge on any atom is -0.321 e. The van der Waals surface area contributed by atoms with E-state index in [2.05, 4.69) is 25.6 Å². The summed E-state index contributed by atoms with van der Waals surface area (Å²) in [6.45, 7) is 3.66. The lowest BCUT2D eigenvalue weighted by molar-refractivity contribution is -0.137. The highest BCUT2D eigenvalue weighted by Gasteiger charge is 2.31. The van der Waals surface area contributed by atoms with Crippen molar-refractivity contribution in [3.8, 4) is 5.69 Å². The molecule has 0 saturated carbocycles. The molecule has 7 nitrogen and oxygen atoms in total. The number of benzene rings is 2. The van der Waals surface area contributed by atoms with Gasteiger partial charge in [0.2, 0.25) is 0 Å². The zero-order valence-electron chi connectivity index (χ0n) is 18.5. The Kier molecular flexibility index (Phi) is 6.83. The van der Waals surface area contributed by atoms with Crippen LogP contribution in [0.3, 0.4) is 0 Å². The van der Waals surface area contributed by atoms with Gasteiger partial charge in [-0.2, -0.15) is 13.2 Å². The normalized spacial score (nSPS) is 11.5. The molecule has 0 bridgehead atoms. The maximum Gasteiger partial charge on any atom is 0.416 e. The fraction of sp³-hybridized carbons (Fsp3) is 0.174. The van der Waals surface area contributed by atoms with Crippen LogP contribution in [0.4, 0.5) is 23.2 Å². The number of rotatable bonds is 6. The summed E-state index contributed by atoms with van der Waals surface area (Å²) >= 11 is 1.24. The largest absolute Gasteiger partial charge is 0.416 e. The van der Waals surface area contributed by atoms with Gasteiger partial charge in [0.15, 0.2) is 10.9 Å². The molecule has 0 spiro atoms. The van der Waals surface area contributed by atoms with E-state index in [4.69, 9.17) is 0 Å². The van der Waals surface area contributed by atoms with E-state index >= 15 is 0 Å². The lowest BCUT2D eigenvalue weighted by Gasteiger charge is -2.10. The average Bonchev–Trinajstić information content (AvgIpc) is 3.21. The fourth-order valence-corrected chi connectivity index (χ4v) is 4.19. The Balaban J connectivity index is 1.67. The number of alkyl halides is 3. The molecule has 4 aromatic rings. The van der Waals surface area contributed by atoms with Gasteiger partial charge in [-0.1, -0.05) is 23.0 Å². The Morgan fingerprint density at radius 1 is 1.03 bits per heavy atom. The summed E-state index contributed by atoms with van der Waals surface area (Å²) in [4.78, 5) is 21.7. The number of hydrogen-bond acceptors (Lipinski definition) is 6. The quantitative estimate of drug-likeness (QED) is 0.217. The van der Waals surface area contributed by atoms with Crippen molar-refractivity contribution in [3.63, 3.8) is 0 Å². The van der Waals surface area contributed by atoms with E-state index in [0.29, 0.717) is 16.5 Å². The SMILES string of the molecule is Cc1cc(C)nc(SCc2c(C(=O)Nc3cccc(C(F)(F)F)c3)nnn2-c2ccc(F)cc2)n1. The predicted octanol–water partition coefficient (Wildman–Crippen LogP) is 5.38. The Morgan fingerprint density at radius 3 is 2.37 bits per heavy atom. The van der Waals surface area contributed by atoms with E-state index < -0.39 is 23.5 Å². The van der Waals surface area contributed by atoms with Crippen LogP contribution in [0, 0.1) is 19.7 Å². The molecule has 0 radical (unpaired) electrons. The summed E-state index contributed by atoms with van der Waals surface area (Å²) in [6, 6.07) is 11.5. The highest BCUT2D eigenvalue weighted by atomic mass is 32.2. The summed E-state index contributed by atoms with van der Waals surface area (Å²) in [7, 11) is 0. The number of nitrogens with one attached hydrogen (secondary N) is 1. The van der Waals surface area contributed by atoms with Crippen molar-refractivity contribution < 1.29 is 22.4 Å². The van der Waals surface area contributed by atoms with E-state index in [0.717, 1.165) is 23.5 Å². The molecule has 0 aliphatic heterocycles. The van der Waals surface area contributed by atoms with Crippen molar-refractivity contribution >= 4 is 23.4 Å². The van der Waals surface area contributed by atoms with Crippen molar-refractivity contribution in [2.75, 3.05) is 5.32 Å². The third-order valence-corrected chi connectivity index (χ3v) is 5.66. The number of aromatic nitrogens is 5. The molecule has 1 amide bonds. The first-order chi connectivity index (χ1) is 16.6. The van der Waals surface area contributed by atoms with Gasteiger partial charge in [0, 0.05) is 22.8 Å². The minimum absolute atomic E-state index is 0.0441. The molecule has 0 aliphatic carbocycles. The second-order valence-electron chi connectivity index (χ2n) is 7.53. The summed E-state index contributed by atoms with van der Waals surface area (Å²) in [5.74, 6) is -1.02. The van der Waals surface area contributed by atoms with Crippen LogP contribution in [-0.2, 0) is 11.9 Å². The van der Waals surface area contributed by atoms with Crippen LogP contribution >= 0.6 is 11.8 Å². The molecule has 0 unspecified atom stereocenters. The minimum atomic E-state index is -4.56. The lowest BCUT2D eigenvalue weighted by atomic mass is 10.2. The number of hydrogen-bond donors (Lipinski definition) is 1. The van der Waals surface area contributed by atoms with Crippen LogP contribution in [0.25, 0.3) is 5.69 Å². The highest BCUT2D eigenvalue weighted by Crippen LogP contribution is 2.31. The molecule has 2 heterocycles. The first kappa shape index (κ1) is 24.3. The maximum atomic E-state index is 13.4. The molecule has 2 aromatic heterocycles. The van der Waals surface area contributed by atoms with Gasteiger partial charge in [0.25, 0.3) is 5.91 Å². The molecular weight excluding hydrogens is 484 g/mol. The molecule has 4 rings (SSSR count). The van der Waals surface area contributed by atoms with Crippen molar-refractivity contribution in [2.24, 2.45) is 0 Å². The number of halogens is 4. The second kappa shape index (κ2) is 9.82. The fourth-order valence-electron chi connectivity index (χ4n) is 3.25. The molecule has 0 atom stereocenters. The Bertz CT molecular complexity index is 1350. The highest BCUT2D eigenvalue weighted by molar-refractivity contribution is 7.98. The van der Waals surface area contributed by atoms with Gasteiger partial charge in [0.05, 0.1) is 16.9 Å². The van der Waals surface area contributed by atoms with Crippen molar-refractivity contribution in [1.82, 2.24) is 25.0 Å². The van der Waals surface area contributed by atoms with Crippen molar-refractivity contribution in [1.29, 1.82) is 0 Å². The van der Waals surface area contributed by atoms with Crippen LogP contribution in [0.15, 0.2) is 59.8 Å².